The molecule has 4 heteroatoms. The Morgan fingerprint density at radius 1 is 1.04 bits per heavy atom. The van der Waals surface area contributed by atoms with Crippen molar-refractivity contribution in [3.8, 4) is 17.2 Å². The van der Waals surface area contributed by atoms with Crippen molar-refractivity contribution in [3.05, 3.63) is 83.6 Å². The summed E-state index contributed by atoms with van der Waals surface area (Å²) in [5.41, 5.74) is 5.74. The molecule has 4 nitrogen and oxygen atoms in total. The number of methoxy groups -OCH3 is 1. The Morgan fingerprint density at radius 2 is 1.89 bits per heavy atom. The third-order valence-corrected chi connectivity index (χ3v) is 5.40. The number of ether oxygens (including phenoxy) is 1. The molecule has 0 N–H and O–H groups in total. The molecule has 1 aliphatic rings. The van der Waals surface area contributed by atoms with Gasteiger partial charge in [-0.3, -0.25) is 9.88 Å². The highest BCUT2D eigenvalue weighted by Gasteiger charge is 2.18. The van der Waals surface area contributed by atoms with Gasteiger partial charge in [0, 0.05) is 31.2 Å². The van der Waals surface area contributed by atoms with Crippen molar-refractivity contribution < 1.29 is 9.15 Å². The Kier molecular flexibility index (Phi) is 4.34. The molecule has 0 amide bonds. The van der Waals surface area contributed by atoms with E-state index in [4.69, 9.17) is 9.15 Å². The fraction of sp³-hybridized carbons (Fsp3) is 0.208. The average molecular weight is 370 g/mol. The molecule has 0 aliphatic carbocycles. The Labute approximate surface area is 164 Å². The molecular weight excluding hydrogens is 348 g/mol. The van der Waals surface area contributed by atoms with Crippen LogP contribution >= 0.6 is 0 Å². The number of rotatable bonds is 4. The smallest absolute Gasteiger partial charge is 0.176 e. The van der Waals surface area contributed by atoms with Gasteiger partial charge in [0.15, 0.2) is 17.1 Å². The lowest BCUT2D eigenvalue weighted by Gasteiger charge is -2.28. The number of pyridine rings is 1. The lowest BCUT2D eigenvalue weighted by Crippen LogP contribution is -2.29. The first kappa shape index (κ1) is 17.0. The summed E-state index contributed by atoms with van der Waals surface area (Å²) >= 11 is 0. The van der Waals surface area contributed by atoms with Crippen LogP contribution < -0.4 is 4.74 Å². The van der Waals surface area contributed by atoms with Gasteiger partial charge in [0.25, 0.3) is 0 Å². The number of nitrogens with zero attached hydrogens (tertiary/aromatic N) is 2. The van der Waals surface area contributed by atoms with Crippen LogP contribution in [0.2, 0.25) is 0 Å². The lowest BCUT2D eigenvalue weighted by molar-refractivity contribution is 0.245. The van der Waals surface area contributed by atoms with Gasteiger partial charge in [-0.15, -0.1) is 0 Å². The van der Waals surface area contributed by atoms with Crippen LogP contribution in [0.4, 0.5) is 0 Å². The molecule has 3 heterocycles. The minimum Gasteiger partial charge on any atom is -0.493 e. The number of furan rings is 1. The third kappa shape index (κ3) is 3.16. The van der Waals surface area contributed by atoms with E-state index in [-0.39, 0.29) is 0 Å². The highest BCUT2D eigenvalue weighted by atomic mass is 16.5. The van der Waals surface area contributed by atoms with Crippen molar-refractivity contribution in [3.63, 3.8) is 0 Å². The topological polar surface area (TPSA) is 38.5 Å². The van der Waals surface area contributed by atoms with Crippen molar-refractivity contribution in [1.82, 2.24) is 9.88 Å². The SMILES string of the molecule is COc1cc(CN2CCc3ccccc3C2)cc2cc(-c3ccccn3)oc12. The standard InChI is InChI=1S/C24H22N2O2/c1-27-23-13-17(15-26-11-9-18-6-2-3-7-19(18)16-26)12-20-14-22(28-24(20)23)21-8-4-5-10-25-21/h2-8,10,12-14H,9,11,15-16H2,1H3. The van der Waals surface area contributed by atoms with Crippen LogP contribution in [0, 0.1) is 0 Å². The van der Waals surface area contributed by atoms with Crippen LogP contribution in [0.3, 0.4) is 0 Å². The van der Waals surface area contributed by atoms with E-state index < -0.39 is 0 Å². The summed E-state index contributed by atoms with van der Waals surface area (Å²) in [6.45, 7) is 2.95. The number of benzene rings is 2. The summed E-state index contributed by atoms with van der Waals surface area (Å²) in [7, 11) is 1.69. The minimum absolute atomic E-state index is 0.762. The van der Waals surface area contributed by atoms with Gasteiger partial charge in [-0.1, -0.05) is 30.3 Å². The molecule has 1 aliphatic heterocycles. The molecule has 0 radical (unpaired) electrons. The fourth-order valence-electron chi connectivity index (χ4n) is 4.01. The van der Waals surface area contributed by atoms with E-state index >= 15 is 0 Å². The largest absolute Gasteiger partial charge is 0.493 e. The van der Waals surface area contributed by atoms with Gasteiger partial charge >= 0.3 is 0 Å². The van der Waals surface area contributed by atoms with Crippen molar-refractivity contribution in [2.45, 2.75) is 19.5 Å². The highest BCUT2D eigenvalue weighted by molar-refractivity contribution is 5.87. The maximum absolute atomic E-state index is 6.07. The van der Waals surface area contributed by atoms with Gasteiger partial charge in [-0.05, 0) is 53.4 Å². The molecule has 0 fully saturated rings. The van der Waals surface area contributed by atoms with Crippen LogP contribution in [0.5, 0.6) is 5.75 Å². The molecule has 0 unspecified atom stereocenters. The van der Waals surface area contributed by atoms with E-state index in [1.807, 2.05) is 18.2 Å². The van der Waals surface area contributed by atoms with Gasteiger partial charge in [0.1, 0.15) is 5.69 Å². The Bertz CT molecular complexity index is 1120. The predicted molar refractivity (Wildman–Crippen MR) is 110 cm³/mol. The van der Waals surface area contributed by atoms with Crippen molar-refractivity contribution >= 4 is 11.0 Å². The van der Waals surface area contributed by atoms with E-state index in [9.17, 15) is 0 Å². The molecule has 0 saturated heterocycles. The van der Waals surface area contributed by atoms with Gasteiger partial charge in [0.05, 0.1) is 7.11 Å². The third-order valence-electron chi connectivity index (χ3n) is 5.40. The summed E-state index contributed by atoms with van der Waals surface area (Å²) in [5.74, 6) is 1.53. The molecule has 0 atom stereocenters. The lowest BCUT2D eigenvalue weighted by atomic mass is 9.99. The van der Waals surface area contributed by atoms with Crippen molar-refractivity contribution in [1.29, 1.82) is 0 Å². The zero-order chi connectivity index (χ0) is 18.9. The van der Waals surface area contributed by atoms with E-state index in [1.54, 1.807) is 13.3 Å². The molecule has 0 spiro atoms. The first-order chi connectivity index (χ1) is 13.8. The minimum atomic E-state index is 0.762. The molecule has 5 rings (SSSR count). The Balaban J connectivity index is 1.45. The monoisotopic (exact) mass is 370 g/mol. The second-order valence-electron chi connectivity index (χ2n) is 7.27. The summed E-state index contributed by atoms with van der Waals surface area (Å²) in [5, 5.41) is 1.05. The maximum Gasteiger partial charge on any atom is 0.176 e. The first-order valence-electron chi connectivity index (χ1n) is 9.61. The van der Waals surface area contributed by atoms with Crippen LogP contribution in [-0.2, 0) is 19.5 Å². The van der Waals surface area contributed by atoms with Gasteiger partial charge in [0.2, 0.25) is 0 Å². The van der Waals surface area contributed by atoms with Gasteiger partial charge in [-0.2, -0.15) is 0 Å². The van der Waals surface area contributed by atoms with Crippen LogP contribution in [0.1, 0.15) is 16.7 Å². The normalized spacial score (nSPS) is 14.2. The van der Waals surface area contributed by atoms with Crippen LogP contribution in [-0.4, -0.2) is 23.5 Å². The summed E-state index contributed by atoms with van der Waals surface area (Å²) in [6, 6.07) is 20.9. The number of fused-ring (bicyclic) bond motifs is 2. The van der Waals surface area contributed by atoms with Gasteiger partial charge < -0.3 is 9.15 Å². The summed E-state index contributed by atoms with van der Waals surface area (Å²) in [4.78, 5) is 6.88. The average Bonchev–Trinajstić information content (AvgIpc) is 3.18. The van der Waals surface area contributed by atoms with E-state index in [2.05, 4.69) is 52.3 Å². The molecule has 2 aromatic heterocycles. The molecular formula is C24H22N2O2. The van der Waals surface area contributed by atoms with E-state index in [0.29, 0.717) is 0 Å². The Hall–Kier alpha value is -3.11. The molecule has 2 aromatic carbocycles. The molecule has 4 aromatic rings. The van der Waals surface area contributed by atoms with E-state index in [0.717, 1.165) is 54.2 Å². The van der Waals surface area contributed by atoms with E-state index in [1.165, 1.54) is 16.7 Å². The highest BCUT2D eigenvalue weighted by Crippen LogP contribution is 2.34. The fourth-order valence-corrected chi connectivity index (χ4v) is 4.01. The number of hydrogen-bond acceptors (Lipinski definition) is 4. The first-order valence-corrected chi connectivity index (χ1v) is 9.61. The zero-order valence-electron chi connectivity index (χ0n) is 15.9. The summed E-state index contributed by atoms with van der Waals surface area (Å²) < 4.78 is 11.7. The van der Waals surface area contributed by atoms with Crippen LogP contribution in [0.15, 0.2) is 71.3 Å². The predicted octanol–water partition coefficient (Wildman–Crippen LogP) is 5.06. The summed E-state index contributed by atoms with van der Waals surface area (Å²) in [6.07, 6.45) is 2.88. The molecule has 0 bridgehead atoms. The second kappa shape index (κ2) is 7.13. The second-order valence-corrected chi connectivity index (χ2v) is 7.27. The quantitative estimate of drug-likeness (QED) is 0.503. The van der Waals surface area contributed by atoms with Crippen molar-refractivity contribution in [2.75, 3.05) is 13.7 Å². The molecule has 0 saturated carbocycles. The van der Waals surface area contributed by atoms with Crippen molar-refractivity contribution in [2.24, 2.45) is 0 Å². The number of hydrogen-bond donors (Lipinski definition) is 0. The number of aromatic nitrogens is 1. The molecule has 28 heavy (non-hydrogen) atoms. The maximum atomic E-state index is 6.07. The van der Waals surface area contributed by atoms with Gasteiger partial charge in [-0.25, -0.2) is 0 Å². The Morgan fingerprint density at radius 3 is 2.71 bits per heavy atom. The molecule has 140 valence electrons. The zero-order valence-corrected chi connectivity index (χ0v) is 15.9. The van der Waals surface area contributed by atoms with Crippen LogP contribution in [0.25, 0.3) is 22.4 Å².